The van der Waals surface area contributed by atoms with Gasteiger partial charge in [-0.3, -0.25) is 4.55 Å². The summed E-state index contributed by atoms with van der Waals surface area (Å²) in [4.78, 5) is 0. The quantitative estimate of drug-likeness (QED) is 0.607. The van der Waals surface area contributed by atoms with Crippen molar-refractivity contribution in [3.8, 4) is 0 Å². The van der Waals surface area contributed by atoms with Crippen LogP contribution in [0.1, 0.15) is 12.0 Å². The average molecular weight is 293 g/mol. The molecule has 108 valence electrons. The lowest BCUT2D eigenvalue weighted by Crippen LogP contribution is -2.21. The highest BCUT2D eigenvalue weighted by molar-refractivity contribution is 7.85. The summed E-state index contributed by atoms with van der Waals surface area (Å²) in [5, 5.41) is 5.69. The Labute approximate surface area is 119 Å². The van der Waals surface area contributed by atoms with E-state index in [0.29, 0.717) is 13.0 Å². The van der Waals surface area contributed by atoms with Crippen LogP contribution >= 0.6 is 0 Å². The van der Waals surface area contributed by atoms with Crippen molar-refractivity contribution in [3.63, 3.8) is 0 Å². The fraction of sp³-hybridized carbons (Fsp3) is 0.333. The molecule has 0 aliphatic carbocycles. The lowest BCUT2D eigenvalue weighted by molar-refractivity contribution is 0.479. The van der Waals surface area contributed by atoms with E-state index in [4.69, 9.17) is 4.55 Å². The topological polar surface area (TPSA) is 66.4 Å². The van der Waals surface area contributed by atoms with E-state index < -0.39 is 10.1 Å². The van der Waals surface area contributed by atoms with E-state index in [2.05, 4.69) is 35.6 Å². The maximum Gasteiger partial charge on any atom is 0.264 e. The van der Waals surface area contributed by atoms with Crippen LogP contribution in [-0.2, 0) is 16.5 Å². The minimum absolute atomic E-state index is 0.186. The highest BCUT2D eigenvalue weighted by Crippen LogP contribution is 2.18. The normalized spacial score (nSPS) is 11.8. The maximum absolute atomic E-state index is 10.6. The van der Waals surface area contributed by atoms with E-state index in [0.717, 1.165) is 13.0 Å². The van der Waals surface area contributed by atoms with Crippen molar-refractivity contribution in [1.29, 1.82) is 0 Å². The van der Waals surface area contributed by atoms with Crippen LogP contribution < -0.4 is 5.32 Å². The molecule has 0 unspecified atom stereocenters. The van der Waals surface area contributed by atoms with Gasteiger partial charge < -0.3 is 5.32 Å². The fourth-order valence-electron chi connectivity index (χ4n) is 2.24. The van der Waals surface area contributed by atoms with Crippen LogP contribution in [0.25, 0.3) is 10.8 Å². The number of benzene rings is 2. The average Bonchev–Trinajstić information content (AvgIpc) is 2.41. The number of fused-ring (bicyclic) bond motifs is 1. The predicted octanol–water partition coefficient (Wildman–Crippen LogP) is 2.25. The van der Waals surface area contributed by atoms with Gasteiger partial charge in [0.2, 0.25) is 0 Å². The van der Waals surface area contributed by atoms with Crippen molar-refractivity contribution in [2.24, 2.45) is 0 Å². The van der Waals surface area contributed by atoms with Gasteiger partial charge in [0.25, 0.3) is 10.1 Å². The lowest BCUT2D eigenvalue weighted by atomic mass is 10.0. The summed E-state index contributed by atoms with van der Waals surface area (Å²) in [6.07, 6.45) is 1.32. The van der Waals surface area contributed by atoms with Gasteiger partial charge in [-0.2, -0.15) is 8.42 Å². The predicted molar refractivity (Wildman–Crippen MR) is 81.6 cm³/mol. The number of hydrogen-bond acceptors (Lipinski definition) is 3. The molecule has 0 bridgehead atoms. The smallest absolute Gasteiger partial charge is 0.264 e. The van der Waals surface area contributed by atoms with Crippen molar-refractivity contribution in [3.05, 3.63) is 48.0 Å². The maximum atomic E-state index is 10.6. The highest BCUT2D eigenvalue weighted by Gasteiger charge is 2.03. The first-order valence-electron chi connectivity index (χ1n) is 6.69. The van der Waals surface area contributed by atoms with Crippen LogP contribution in [0.3, 0.4) is 0 Å². The Bertz CT molecular complexity index is 662. The van der Waals surface area contributed by atoms with Crippen molar-refractivity contribution < 1.29 is 13.0 Å². The summed E-state index contributed by atoms with van der Waals surface area (Å²) in [7, 11) is -3.83. The van der Waals surface area contributed by atoms with Crippen molar-refractivity contribution in [2.75, 3.05) is 18.8 Å². The summed E-state index contributed by atoms with van der Waals surface area (Å²) in [6, 6.07) is 14.5. The second kappa shape index (κ2) is 6.83. The second-order valence-electron chi connectivity index (χ2n) is 4.78. The minimum Gasteiger partial charge on any atom is -0.316 e. The van der Waals surface area contributed by atoms with E-state index in [-0.39, 0.29) is 5.75 Å². The SMILES string of the molecule is O=S(=O)(O)CCCNCCc1cccc2ccccc12. The lowest BCUT2D eigenvalue weighted by Gasteiger charge is -2.07. The standard InChI is InChI=1S/C15H19NO3S/c17-20(18,19)12-4-10-16-11-9-14-7-3-6-13-5-1-2-8-15(13)14/h1-3,5-8,16H,4,9-12H2,(H,17,18,19). The van der Waals surface area contributed by atoms with Gasteiger partial charge in [-0.05, 0) is 42.3 Å². The molecule has 2 rings (SSSR count). The first-order chi connectivity index (χ1) is 9.56. The number of rotatable bonds is 7. The van der Waals surface area contributed by atoms with Crippen LogP contribution in [0.15, 0.2) is 42.5 Å². The summed E-state index contributed by atoms with van der Waals surface area (Å²) in [6.45, 7) is 1.38. The Morgan fingerprint density at radius 1 is 1.00 bits per heavy atom. The molecule has 0 amide bonds. The monoisotopic (exact) mass is 293 g/mol. The van der Waals surface area contributed by atoms with Gasteiger partial charge in [-0.1, -0.05) is 42.5 Å². The van der Waals surface area contributed by atoms with Crippen LogP contribution in [0.4, 0.5) is 0 Å². The molecule has 0 heterocycles. The van der Waals surface area contributed by atoms with E-state index in [1.165, 1.54) is 16.3 Å². The molecule has 4 nitrogen and oxygen atoms in total. The van der Waals surface area contributed by atoms with Crippen LogP contribution in [-0.4, -0.2) is 31.8 Å². The van der Waals surface area contributed by atoms with Gasteiger partial charge >= 0.3 is 0 Å². The van der Waals surface area contributed by atoms with Gasteiger partial charge in [-0.25, -0.2) is 0 Å². The van der Waals surface area contributed by atoms with Gasteiger partial charge in [0.05, 0.1) is 5.75 Å². The van der Waals surface area contributed by atoms with E-state index in [1.54, 1.807) is 0 Å². The molecule has 0 atom stereocenters. The van der Waals surface area contributed by atoms with Crippen molar-refractivity contribution in [1.82, 2.24) is 5.32 Å². The summed E-state index contributed by atoms with van der Waals surface area (Å²) >= 11 is 0. The van der Waals surface area contributed by atoms with Crippen molar-refractivity contribution >= 4 is 20.9 Å². The molecule has 0 fully saturated rings. The molecule has 5 heteroatoms. The second-order valence-corrected chi connectivity index (χ2v) is 6.35. The van der Waals surface area contributed by atoms with Crippen molar-refractivity contribution in [2.45, 2.75) is 12.8 Å². The summed E-state index contributed by atoms with van der Waals surface area (Å²) < 4.78 is 29.7. The Kier molecular flexibility index (Phi) is 5.11. The van der Waals surface area contributed by atoms with Gasteiger partial charge in [0.15, 0.2) is 0 Å². The Morgan fingerprint density at radius 2 is 1.75 bits per heavy atom. The van der Waals surface area contributed by atoms with Gasteiger partial charge in [0, 0.05) is 0 Å². The molecule has 2 aromatic carbocycles. The number of hydrogen-bond donors (Lipinski definition) is 2. The van der Waals surface area contributed by atoms with E-state index >= 15 is 0 Å². The third-order valence-corrected chi connectivity index (χ3v) is 4.01. The Balaban J connectivity index is 1.82. The van der Waals surface area contributed by atoms with E-state index in [9.17, 15) is 8.42 Å². The first-order valence-corrected chi connectivity index (χ1v) is 8.30. The summed E-state index contributed by atoms with van der Waals surface area (Å²) in [5.74, 6) is -0.186. The molecule has 0 saturated carbocycles. The molecule has 0 aromatic heterocycles. The molecular formula is C15H19NO3S. The summed E-state index contributed by atoms with van der Waals surface area (Å²) in [5.41, 5.74) is 1.28. The van der Waals surface area contributed by atoms with Gasteiger partial charge in [-0.15, -0.1) is 0 Å². The van der Waals surface area contributed by atoms with Crippen LogP contribution in [0.2, 0.25) is 0 Å². The highest BCUT2D eigenvalue weighted by atomic mass is 32.2. The first kappa shape index (κ1) is 15.0. The molecule has 2 N–H and O–H groups in total. The number of nitrogens with one attached hydrogen (secondary N) is 1. The zero-order chi connectivity index (χ0) is 14.4. The molecule has 0 aliphatic rings. The molecule has 0 radical (unpaired) electrons. The third kappa shape index (κ3) is 4.59. The molecule has 0 aliphatic heterocycles. The largest absolute Gasteiger partial charge is 0.316 e. The van der Waals surface area contributed by atoms with Crippen LogP contribution in [0.5, 0.6) is 0 Å². The fourth-order valence-corrected chi connectivity index (χ4v) is 2.75. The molecule has 2 aromatic rings. The molecule has 20 heavy (non-hydrogen) atoms. The third-order valence-electron chi connectivity index (χ3n) is 3.21. The molecule has 0 spiro atoms. The zero-order valence-electron chi connectivity index (χ0n) is 11.2. The van der Waals surface area contributed by atoms with Gasteiger partial charge in [0.1, 0.15) is 0 Å². The molecular weight excluding hydrogens is 274 g/mol. The Morgan fingerprint density at radius 3 is 2.55 bits per heavy atom. The Hall–Kier alpha value is -1.43. The van der Waals surface area contributed by atoms with E-state index in [1.807, 2.05) is 12.1 Å². The minimum atomic E-state index is -3.83. The van der Waals surface area contributed by atoms with Crippen LogP contribution in [0, 0.1) is 0 Å². The molecule has 0 saturated heterocycles. The zero-order valence-corrected chi connectivity index (χ0v) is 12.1.